The van der Waals surface area contributed by atoms with Crippen LogP contribution >= 0.6 is 0 Å². The highest BCUT2D eigenvalue weighted by molar-refractivity contribution is 6.00. The molecule has 0 fully saturated rings. The molecule has 6 heteroatoms. The summed E-state index contributed by atoms with van der Waals surface area (Å²) in [5.41, 5.74) is 2.54. The van der Waals surface area contributed by atoms with Crippen LogP contribution in [0.5, 0.6) is 5.75 Å². The van der Waals surface area contributed by atoms with Crippen LogP contribution in [0.25, 0.3) is 21.7 Å². The Morgan fingerprint density at radius 1 is 0.865 bits per heavy atom. The van der Waals surface area contributed by atoms with Crippen LogP contribution in [-0.4, -0.2) is 18.5 Å². The Balaban J connectivity index is 1.53. The van der Waals surface area contributed by atoms with E-state index in [0.717, 1.165) is 27.3 Å². The lowest BCUT2D eigenvalue weighted by molar-refractivity contribution is -0.139. The molecular formula is C31H23NO5. The van der Waals surface area contributed by atoms with Gasteiger partial charge in [0.2, 0.25) is 5.88 Å². The van der Waals surface area contributed by atoms with Crippen molar-refractivity contribution in [2.45, 2.75) is 12.8 Å². The number of hydrogen-bond acceptors (Lipinski definition) is 5. The predicted octanol–water partition coefficient (Wildman–Crippen LogP) is 6.32. The maximum atomic E-state index is 13.5. The maximum absolute atomic E-state index is 13.5. The minimum Gasteiger partial charge on any atom is -0.462 e. The van der Waals surface area contributed by atoms with E-state index in [4.69, 9.17) is 13.9 Å². The normalized spacial score (nSPS) is 14.8. The Morgan fingerprint density at radius 3 is 2.38 bits per heavy atom. The monoisotopic (exact) mass is 489 g/mol. The number of carbonyl (C=O) groups is 2. The zero-order valence-corrected chi connectivity index (χ0v) is 20.1. The topological polar surface area (TPSA) is 77.8 Å². The summed E-state index contributed by atoms with van der Waals surface area (Å²) < 4.78 is 17.5. The fraction of sp³-hybridized carbons (Fsp3) is 0.0968. The minimum atomic E-state index is -0.560. The van der Waals surface area contributed by atoms with Gasteiger partial charge < -0.3 is 13.9 Å². The molecule has 0 saturated carbocycles. The molecule has 0 aliphatic carbocycles. The van der Waals surface area contributed by atoms with Crippen LogP contribution in [0.1, 0.15) is 34.5 Å². The van der Waals surface area contributed by atoms with Gasteiger partial charge in [-0.05, 0) is 41.5 Å². The molecular weight excluding hydrogens is 466 g/mol. The summed E-state index contributed by atoms with van der Waals surface area (Å²) in [7, 11) is 0. The molecule has 0 spiro atoms. The van der Waals surface area contributed by atoms with Crippen LogP contribution in [0.3, 0.4) is 0 Å². The highest BCUT2D eigenvalue weighted by atomic mass is 16.5. The van der Waals surface area contributed by atoms with Crippen molar-refractivity contribution in [1.29, 1.82) is 0 Å². The van der Waals surface area contributed by atoms with Gasteiger partial charge in [0, 0.05) is 10.9 Å². The molecule has 1 aliphatic rings. The van der Waals surface area contributed by atoms with Gasteiger partial charge in [-0.2, -0.15) is 0 Å². The lowest BCUT2D eigenvalue weighted by Gasteiger charge is -2.31. The van der Waals surface area contributed by atoms with Gasteiger partial charge in [0.05, 0.1) is 12.5 Å². The Hall–Kier alpha value is -4.84. The Morgan fingerprint density at radius 2 is 1.59 bits per heavy atom. The molecule has 1 unspecified atom stereocenters. The highest BCUT2D eigenvalue weighted by Crippen LogP contribution is 2.46. The maximum Gasteiger partial charge on any atom is 0.340 e. The molecule has 1 N–H and O–H groups in total. The van der Waals surface area contributed by atoms with Crippen molar-refractivity contribution in [3.63, 3.8) is 0 Å². The van der Waals surface area contributed by atoms with Gasteiger partial charge in [-0.15, -0.1) is 0 Å². The van der Waals surface area contributed by atoms with Crippen LogP contribution < -0.4 is 10.1 Å². The molecule has 6 rings (SSSR count). The third-order valence-electron chi connectivity index (χ3n) is 6.47. The summed E-state index contributed by atoms with van der Waals surface area (Å²) in [5, 5.41) is 5.57. The van der Waals surface area contributed by atoms with Crippen molar-refractivity contribution in [3.8, 4) is 5.75 Å². The van der Waals surface area contributed by atoms with Crippen molar-refractivity contribution in [3.05, 3.63) is 125 Å². The van der Waals surface area contributed by atoms with E-state index in [-0.39, 0.29) is 23.8 Å². The molecule has 5 aromatic rings. The van der Waals surface area contributed by atoms with Crippen molar-refractivity contribution in [2.75, 3.05) is 6.61 Å². The standard InChI is InChI=1S/C31H23NO5/c1-2-35-31(34)28-26(20-11-4-3-5-12-20)27-22-14-8-6-10-19(22)16-17-24(27)37-30(28)32-29(33)25-18-21-13-7-9-15-23(21)36-25/h3-18,26H,2H2,1H3,(H,32,33). The number of rotatable bonds is 5. The average Bonchev–Trinajstić information content (AvgIpc) is 3.37. The van der Waals surface area contributed by atoms with Gasteiger partial charge in [-0.1, -0.05) is 78.9 Å². The molecule has 0 radical (unpaired) electrons. The molecule has 4 aromatic carbocycles. The molecule has 0 bridgehead atoms. The summed E-state index contributed by atoms with van der Waals surface area (Å²) in [5.74, 6) is -0.915. The number of carbonyl (C=O) groups excluding carboxylic acids is 2. The number of furan rings is 1. The number of nitrogens with one attached hydrogen (secondary N) is 1. The lowest BCUT2D eigenvalue weighted by Crippen LogP contribution is -2.34. The molecule has 1 aromatic heterocycles. The van der Waals surface area contributed by atoms with Gasteiger partial charge in [0.15, 0.2) is 5.76 Å². The molecule has 1 atom stereocenters. The summed E-state index contributed by atoms with van der Waals surface area (Å²) in [6.07, 6.45) is 0. The highest BCUT2D eigenvalue weighted by Gasteiger charge is 2.38. The zero-order chi connectivity index (χ0) is 25.4. The summed E-state index contributed by atoms with van der Waals surface area (Å²) in [4.78, 5) is 26.8. The Bertz CT molecular complexity index is 1650. The van der Waals surface area contributed by atoms with Crippen LogP contribution in [0, 0.1) is 0 Å². The molecule has 1 amide bonds. The average molecular weight is 490 g/mol. The third-order valence-corrected chi connectivity index (χ3v) is 6.47. The second-order valence-electron chi connectivity index (χ2n) is 8.71. The number of hydrogen-bond donors (Lipinski definition) is 1. The third kappa shape index (κ3) is 4.02. The smallest absolute Gasteiger partial charge is 0.340 e. The van der Waals surface area contributed by atoms with Gasteiger partial charge in [0.25, 0.3) is 5.91 Å². The Kier molecular flexibility index (Phi) is 5.69. The van der Waals surface area contributed by atoms with Crippen LogP contribution in [0.15, 0.2) is 113 Å². The van der Waals surface area contributed by atoms with Crippen molar-refractivity contribution >= 4 is 33.6 Å². The first kappa shape index (κ1) is 22.6. The largest absolute Gasteiger partial charge is 0.462 e. The lowest BCUT2D eigenvalue weighted by atomic mass is 9.80. The second kappa shape index (κ2) is 9.32. The Labute approximate surface area is 213 Å². The SMILES string of the molecule is CCOC(=O)C1=C(NC(=O)c2cc3ccccc3o2)Oc2ccc3ccccc3c2C1c1ccccc1. The first-order valence-corrected chi connectivity index (χ1v) is 12.1. The summed E-state index contributed by atoms with van der Waals surface area (Å²) >= 11 is 0. The van der Waals surface area contributed by atoms with E-state index in [1.807, 2.05) is 84.9 Å². The number of esters is 1. The van der Waals surface area contributed by atoms with Gasteiger partial charge in [0.1, 0.15) is 16.9 Å². The quantitative estimate of drug-likeness (QED) is 0.293. The predicted molar refractivity (Wildman–Crippen MR) is 140 cm³/mol. The number of fused-ring (bicyclic) bond motifs is 4. The fourth-order valence-corrected chi connectivity index (χ4v) is 4.85. The van der Waals surface area contributed by atoms with Crippen molar-refractivity contribution in [2.24, 2.45) is 0 Å². The first-order chi connectivity index (χ1) is 18.1. The molecule has 0 saturated heterocycles. The van der Waals surface area contributed by atoms with Crippen LogP contribution in [0.4, 0.5) is 0 Å². The van der Waals surface area contributed by atoms with E-state index in [2.05, 4.69) is 5.32 Å². The van der Waals surface area contributed by atoms with E-state index in [0.29, 0.717) is 11.3 Å². The second-order valence-corrected chi connectivity index (χ2v) is 8.71. The van der Waals surface area contributed by atoms with E-state index >= 15 is 0 Å². The van der Waals surface area contributed by atoms with Gasteiger partial charge in [-0.25, -0.2) is 4.79 Å². The molecule has 1 aliphatic heterocycles. The number of benzene rings is 4. The molecule has 2 heterocycles. The van der Waals surface area contributed by atoms with E-state index in [9.17, 15) is 9.59 Å². The van der Waals surface area contributed by atoms with Crippen LogP contribution in [-0.2, 0) is 9.53 Å². The molecule has 6 nitrogen and oxygen atoms in total. The van der Waals surface area contributed by atoms with Gasteiger partial charge >= 0.3 is 5.97 Å². The number of para-hydroxylation sites is 1. The number of amides is 1. The van der Waals surface area contributed by atoms with E-state index in [1.54, 1.807) is 19.1 Å². The summed E-state index contributed by atoms with van der Waals surface area (Å²) in [6, 6.07) is 30.5. The number of ether oxygens (including phenoxy) is 2. The van der Waals surface area contributed by atoms with E-state index < -0.39 is 17.8 Å². The van der Waals surface area contributed by atoms with Gasteiger partial charge in [-0.3, -0.25) is 10.1 Å². The minimum absolute atomic E-state index is 0.0283. The van der Waals surface area contributed by atoms with Crippen LogP contribution in [0.2, 0.25) is 0 Å². The van der Waals surface area contributed by atoms with E-state index in [1.165, 1.54) is 0 Å². The van der Waals surface area contributed by atoms with Crippen molar-refractivity contribution in [1.82, 2.24) is 5.32 Å². The molecule has 37 heavy (non-hydrogen) atoms. The fourth-order valence-electron chi connectivity index (χ4n) is 4.85. The molecule has 182 valence electrons. The summed E-state index contributed by atoms with van der Waals surface area (Å²) in [6.45, 7) is 1.92. The first-order valence-electron chi connectivity index (χ1n) is 12.1. The zero-order valence-electron chi connectivity index (χ0n) is 20.1. The van der Waals surface area contributed by atoms with Crippen molar-refractivity contribution < 1.29 is 23.5 Å².